The van der Waals surface area contributed by atoms with E-state index in [1.54, 1.807) is 0 Å². The van der Waals surface area contributed by atoms with E-state index in [4.69, 9.17) is 0 Å². The van der Waals surface area contributed by atoms with Gasteiger partial charge in [0.25, 0.3) is 0 Å². The quantitative estimate of drug-likeness (QED) is 0.784. The highest BCUT2D eigenvalue weighted by Gasteiger charge is 2.20. The molecule has 2 rings (SSSR count). The molecule has 0 amide bonds. The van der Waals surface area contributed by atoms with E-state index >= 15 is 0 Å². The normalized spacial score (nSPS) is 12.3. The second-order valence-corrected chi connectivity index (χ2v) is 4.35. The molecule has 0 bridgehead atoms. The number of benzene rings is 2. The minimum atomic E-state index is 0.231. The molecule has 0 saturated carbocycles. The maximum atomic E-state index is 3.94. The first-order valence-electron chi connectivity index (χ1n) is 6.26. The maximum Gasteiger partial charge on any atom is 0.0354 e. The number of hydrogen-bond donors (Lipinski definition) is 1. The summed E-state index contributed by atoms with van der Waals surface area (Å²) in [5.74, 6) is 0.301. The zero-order chi connectivity index (χ0) is 12.8. The summed E-state index contributed by atoms with van der Waals surface area (Å²) in [7, 11) is 1.98. The largest absolute Gasteiger partial charge is 0.313 e. The van der Waals surface area contributed by atoms with Crippen LogP contribution in [0.15, 0.2) is 73.3 Å². The topological polar surface area (TPSA) is 12.0 Å². The summed E-state index contributed by atoms with van der Waals surface area (Å²) >= 11 is 0. The minimum absolute atomic E-state index is 0.231. The van der Waals surface area contributed by atoms with Crippen molar-refractivity contribution in [2.24, 2.45) is 0 Å². The molecule has 0 heterocycles. The molecule has 1 atom stereocenters. The van der Waals surface area contributed by atoms with Gasteiger partial charge in [-0.3, -0.25) is 0 Å². The molecule has 1 N–H and O–H groups in total. The third kappa shape index (κ3) is 2.69. The molecule has 0 spiro atoms. The fourth-order valence-electron chi connectivity index (χ4n) is 2.35. The van der Waals surface area contributed by atoms with E-state index in [9.17, 15) is 0 Å². The number of hydrogen-bond acceptors (Lipinski definition) is 1. The molecule has 0 aromatic heterocycles. The Labute approximate surface area is 109 Å². The van der Waals surface area contributed by atoms with Crippen molar-refractivity contribution in [2.75, 3.05) is 7.05 Å². The lowest BCUT2D eigenvalue weighted by molar-refractivity contribution is 0.596. The first-order chi connectivity index (χ1) is 8.86. The molecule has 0 aliphatic heterocycles. The molecule has 0 aliphatic carbocycles. The zero-order valence-corrected chi connectivity index (χ0v) is 10.7. The van der Waals surface area contributed by atoms with Crippen LogP contribution < -0.4 is 5.32 Å². The Hall–Kier alpha value is -1.86. The third-order valence-corrected chi connectivity index (χ3v) is 3.26. The highest BCUT2D eigenvalue weighted by molar-refractivity contribution is 5.35. The van der Waals surface area contributed by atoms with Gasteiger partial charge in [-0.15, -0.1) is 6.58 Å². The first-order valence-corrected chi connectivity index (χ1v) is 6.26. The molecular formula is C17H19N. The Morgan fingerprint density at radius 3 is 1.67 bits per heavy atom. The van der Waals surface area contributed by atoms with Crippen molar-refractivity contribution in [1.29, 1.82) is 0 Å². The highest BCUT2D eigenvalue weighted by Crippen LogP contribution is 2.28. The molecule has 1 heteroatoms. The Bertz CT molecular complexity index is 436. The monoisotopic (exact) mass is 237 g/mol. The second-order valence-electron chi connectivity index (χ2n) is 4.35. The molecule has 0 aliphatic rings. The van der Waals surface area contributed by atoms with Crippen LogP contribution in [0.5, 0.6) is 0 Å². The molecule has 2 aromatic carbocycles. The van der Waals surface area contributed by atoms with Gasteiger partial charge in [-0.25, -0.2) is 0 Å². The Kier molecular flexibility index (Phi) is 4.32. The zero-order valence-electron chi connectivity index (χ0n) is 10.7. The first kappa shape index (κ1) is 12.6. The number of nitrogens with one attached hydrogen (secondary N) is 1. The van der Waals surface area contributed by atoms with Crippen molar-refractivity contribution in [3.05, 3.63) is 84.4 Å². The Morgan fingerprint density at radius 1 is 0.889 bits per heavy atom. The van der Waals surface area contributed by atoms with Crippen LogP contribution in [0.1, 0.15) is 17.0 Å². The van der Waals surface area contributed by atoms with Gasteiger partial charge < -0.3 is 5.32 Å². The van der Waals surface area contributed by atoms with Crippen molar-refractivity contribution >= 4 is 0 Å². The summed E-state index contributed by atoms with van der Waals surface area (Å²) in [5, 5.41) is 3.33. The number of rotatable bonds is 5. The second kappa shape index (κ2) is 6.18. The van der Waals surface area contributed by atoms with E-state index in [1.165, 1.54) is 11.1 Å². The maximum absolute atomic E-state index is 3.94. The summed E-state index contributed by atoms with van der Waals surface area (Å²) in [6, 6.07) is 21.4. The fraction of sp³-hybridized carbons (Fsp3) is 0.176. The van der Waals surface area contributed by atoms with Crippen LogP contribution in [0.2, 0.25) is 0 Å². The fourth-order valence-corrected chi connectivity index (χ4v) is 2.35. The SMILES string of the molecule is C=CC(NC)C(c1ccccc1)c1ccccc1. The van der Waals surface area contributed by atoms with E-state index in [0.29, 0.717) is 5.92 Å². The van der Waals surface area contributed by atoms with Gasteiger partial charge in [0.2, 0.25) is 0 Å². The van der Waals surface area contributed by atoms with Crippen LogP contribution in [-0.2, 0) is 0 Å². The van der Waals surface area contributed by atoms with Crippen LogP contribution in [0, 0.1) is 0 Å². The van der Waals surface area contributed by atoms with Crippen LogP contribution in [0.4, 0.5) is 0 Å². The lowest BCUT2D eigenvalue weighted by Crippen LogP contribution is -2.30. The molecule has 92 valence electrons. The van der Waals surface area contributed by atoms with Gasteiger partial charge in [-0.2, -0.15) is 0 Å². The van der Waals surface area contributed by atoms with Crippen LogP contribution >= 0.6 is 0 Å². The van der Waals surface area contributed by atoms with Gasteiger partial charge in [0.05, 0.1) is 0 Å². The van der Waals surface area contributed by atoms with Gasteiger partial charge >= 0.3 is 0 Å². The van der Waals surface area contributed by atoms with E-state index < -0.39 is 0 Å². The average Bonchev–Trinajstić information content (AvgIpc) is 2.46. The standard InChI is InChI=1S/C17H19N/c1-3-16(18-2)17(14-10-6-4-7-11-14)15-12-8-5-9-13-15/h3-13,16-18H,1H2,2H3. The van der Waals surface area contributed by atoms with Crippen molar-refractivity contribution in [1.82, 2.24) is 5.32 Å². The summed E-state index contributed by atoms with van der Waals surface area (Å²) in [5.41, 5.74) is 2.62. The van der Waals surface area contributed by atoms with Crippen molar-refractivity contribution in [3.8, 4) is 0 Å². The van der Waals surface area contributed by atoms with E-state index in [2.05, 4.69) is 60.4 Å². The molecule has 0 saturated heterocycles. The van der Waals surface area contributed by atoms with Crippen molar-refractivity contribution in [3.63, 3.8) is 0 Å². The molecule has 0 radical (unpaired) electrons. The minimum Gasteiger partial charge on any atom is -0.313 e. The lowest BCUT2D eigenvalue weighted by atomic mass is 9.85. The average molecular weight is 237 g/mol. The summed E-state index contributed by atoms with van der Waals surface area (Å²) < 4.78 is 0. The number of likely N-dealkylation sites (N-methyl/N-ethyl adjacent to an activating group) is 1. The summed E-state index contributed by atoms with van der Waals surface area (Å²) in [6.45, 7) is 3.94. The van der Waals surface area contributed by atoms with Gasteiger partial charge in [0.1, 0.15) is 0 Å². The third-order valence-electron chi connectivity index (χ3n) is 3.26. The molecule has 1 nitrogen and oxygen atoms in total. The van der Waals surface area contributed by atoms with Crippen LogP contribution in [-0.4, -0.2) is 13.1 Å². The van der Waals surface area contributed by atoms with Crippen LogP contribution in [0.3, 0.4) is 0 Å². The predicted molar refractivity (Wildman–Crippen MR) is 77.8 cm³/mol. The predicted octanol–water partition coefficient (Wildman–Crippen LogP) is 3.59. The summed E-state index contributed by atoms with van der Waals surface area (Å²) in [6.07, 6.45) is 1.98. The smallest absolute Gasteiger partial charge is 0.0354 e. The van der Waals surface area contributed by atoms with Gasteiger partial charge in [-0.05, 0) is 18.2 Å². The molecule has 18 heavy (non-hydrogen) atoms. The van der Waals surface area contributed by atoms with E-state index in [0.717, 1.165) is 0 Å². The lowest BCUT2D eigenvalue weighted by Gasteiger charge is -2.25. The van der Waals surface area contributed by atoms with Crippen molar-refractivity contribution < 1.29 is 0 Å². The van der Waals surface area contributed by atoms with Crippen LogP contribution in [0.25, 0.3) is 0 Å². The Morgan fingerprint density at radius 2 is 1.33 bits per heavy atom. The van der Waals surface area contributed by atoms with Gasteiger partial charge in [0.15, 0.2) is 0 Å². The summed E-state index contributed by atoms with van der Waals surface area (Å²) in [4.78, 5) is 0. The molecule has 0 fully saturated rings. The van der Waals surface area contributed by atoms with E-state index in [1.807, 2.05) is 25.3 Å². The van der Waals surface area contributed by atoms with Gasteiger partial charge in [0, 0.05) is 12.0 Å². The highest BCUT2D eigenvalue weighted by atomic mass is 14.9. The van der Waals surface area contributed by atoms with Gasteiger partial charge in [-0.1, -0.05) is 66.7 Å². The Balaban J connectivity index is 2.44. The van der Waals surface area contributed by atoms with E-state index in [-0.39, 0.29) is 6.04 Å². The molecule has 2 aromatic rings. The molecular weight excluding hydrogens is 218 g/mol. The molecule has 1 unspecified atom stereocenters. The van der Waals surface area contributed by atoms with Crippen molar-refractivity contribution in [2.45, 2.75) is 12.0 Å².